The number of amides is 1. The first-order valence-electron chi connectivity index (χ1n) is 10.0. The zero-order valence-corrected chi connectivity index (χ0v) is 17.6. The molecule has 1 atom stereocenters. The number of aliphatic hydroxyl groups is 1. The Balaban J connectivity index is 1.99. The largest absolute Gasteiger partial charge is 0.507 e. The van der Waals surface area contributed by atoms with Crippen LogP contribution in [0.3, 0.4) is 0 Å². The monoisotopic (exact) mass is 413 g/mol. The summed E-state index contributed by atoms with van der Waals surface area (Å²) in [6.45, 7) is 5.68. The minimum absolute atomic E-state index is 0.000333. The predicted molar refractivity (Wildman–Crippen MR) is 120 cm³/mol. The van der Waals surface area contributed by atoms with Gasteiger partial charge >= 0.3 is 0 Å². The molecule has 1 aliphatic rings. The normalized spacial score (nSPS) is 17.9. The van der Waals surface area contributed by atoms with Gasteiger partial charge in [-0.2, -0.15) is 0 Å². The minimum atomic E-state index is -0.867. The lowest BCUT2D eigenvalue weighted by Gasteiger charge is -2.26. The van der Waals surface area contributed by atoms with E-state index in [1.165, 1.54) is 11.0 Å². The van der Waals surface area contributed by atoms with Crippen LogP contribution in [0.4, 0.5) is 5.69 Å². The van der Waals surface area contributed by atoms with Gasteiger partial charge < -0.3 is 10.2 Å². The number of anilines is 1. The van der Waals surface area contributed by atoms with Crippen molar-refractivity contribution < 1.29 is 19.8 Å². The Morgan fingerprint density at radius 3 is 2.16 bits per heavy atom. The smallest absolute Gasteiger partial charge is 0.300 e. The van der Waals surface area contributed by atoms with Crippen LogP contribution < -0.4 is 4.90 Å². The van der Waals surface area contributed by atoms with E-state index in [4.69, 9.17) is 0 Å². The average Bonchev–Trinajstić information content (AvgIpc) is 3.00. The summed E-state index contributed by atoms with van der Waals surface area (Å²) in [4.78, 5) is 27.6. The first-order valence-corrected chi connectivity index (χ1v) is 10.0. The van der Waals surface area contributed by atoms with Crippen LogP contribution >= 0.6 is 0 Å². The number of aliphatic hydroxyl groups excluding tert-OH is 1. The zero-order valence-electron chi connectivity index (χ0n) is 17.6. The van der Waals surface area contributed by atoms with E-state index in [-0.39, 0.29) is 22.8 Å². The number of rotatable bonds is 3. The Hall–Kier alpha value is -3.86. The molecule has 1 unspecified atom stereocenters. The molecule has 0 aromatic heterocycles. The summed E-state index contributed by atoms with van der Waals surface area (Å²) < 4.78 is 0. The quantitative estimate of drug-likeness (QED) is 0.362. The van der Waals surface area contributed by atoms with E-state index < -0.39 is 17.7 Å². The number of aromatic hydroxyl groups is 1. The van der Waals surface area contributed by atoms with Crippen molar-refractivity contribution in [1.82, 2.24) is 0 Å². The standard InChI is InChI=1S/C26H23NO4/c1-15-7-10-18(11-8-15)24(29)22-23(19-6-4-5-16(2)13-19)27(26(31)25(22)30)20-14-17(3)9-12-21(20)28/h4-14,23,28-29H,1-3H3/b24-22+. The molecule has 1 saturated heterocycles. The molecular formula is C26H23NO4. The number of nitrogens with zero attached hydrogens (tertiary/aromatic N) is 1. The molecule has 1 heterocycles. The first-order chi connectivity index (χ1) is 14.8. The minimum Gasteiger partial charge on any atom is -0.507 e. The molecule has 5 heteroatoms. The molecule has 0 spiro atoms. The van der Waals surface area contributed by atoms with E-state index in [1.54, 1.807) is 24.3 Å². The van der Waals surface area contributed by atoms with Crippen molar-refractivity contribution in [2.24, 2.45) is 0 Å². The fraction of sp³-hybridized carbons (Fsp3) is 0.154. The Morgan fingerprint density at radius 2 is 1.48 bits per heavy atom. The molecule has 0 bridgehead atoms. The number of carbonyl (C=O) groups is 2. The van der Waals surface area contributed by atoms with Gasteiger partial charge in [0.1, 0.15) is 11.5 Å². The molecule has 31 heavy (non-hydrogen) atoms. The van der Waals surface area contributed by atoms with E-state index in [9.17, 15) is 19.8 Å². The number of aryl methyl sites for hydroxylation is 3. The fourth-order valence-corrected chi connectivity index (χ4v) is 3.93. The maximum atomic E-state index is 13.2. The molecule has 4 rings (SSSR count). The van der Waals surface area contributed by atoms with Crippen molar-refractivity contribution in [2.75, 3.05) is 4.90 Å². The summed E-state index contributed by atoms with van der Waals surface area (Å²) in [5.41, 5.74) is 4.15. The molecule has 3 aromatic carbocycles. The first kappa shape index (κ1) is 20.4. The number of phenols is 1. The van der Waals surface area contributed by atoms with E-state index >= 15 is 0 Å². The van der Waals surface area contributed by atoms with Crippen LogP contribution in [0.15, 0.2) is 72.3 Å². The van der Waals surface area contributed by atoms with Crippen LogP contribution in [-0.2, 0) is 9.59 Å². The van der Waals surface area contributed by atoms with E-state index in [0.717, 1.165) is 16.7 Å². The third kappa shape index (κ3) is 3.59. The van der Waals surface area contributed by atoms with Crippen molar-refractivity contribution in [3.05, 3.63) is 100 Å². The van der Waals surface area contributed by atoms with Crippen LogP contribution in [0.2, 0.25) is 0 Å². The summed E-state index contributed by atoms with van der Waals surface area (Å²) in [5, 5.41) is 21.6. The van der Waals surface area contributed by atoms with Crippen molar-refractivity contribution in [3.63, 3.8) is 0 Å². The van der Waals surface area contributed by atoms with Crippen LogP contribution in [0.1, 0.15) is 33.9 Å². The van der Waals surface area contributed by atoms with Gasteiger partial charge in [0.25, 0.3) is 11.7 Å². The summed E-state index contributed by atoms with van der Waals surface area (Å²) in [6, 6.07) is 18.6. The van der Waals surface area contributed by atoms with Crippen molar-refractivity contribution >= 4 is 23.1 Å². The number of hydrogen-bond donors (Lipinski definition) is 2. The molecule has 2 N–H and O–H groups in total. The number of phenolic OH excluding ortho intramolecular Hbond substituents is 1. The van der Waals surface area contributed by atoms with Crippen LogP contribution in [-0.4, -0.2) is 21.9 Å². The van der Waals surface area contributed by atoms with Gasteiger partial charge in [-0.1, -0.05) is 65.7 Å². The van der Waals surface area contributed by atoms with Crippen molar-refractivity contribution in [2.45, 2.75) is 26.8 Å². The van der Waals surface area contributed by atoms with Crippen LogP contribution in [0.5, 0.6) is 5.75 Å². The van der Waals surface area contributed by atoms with Gasteiger partial charge in [0.05, 0.1) is 17.3 Å². The Bertz CT molecular complexity index is 1220. The lowest BCUT2D eigenvalue weighted by molar-refractivity contribution is -0.132. The summed E-state index contributed by atoms with van der Waals surface area (Å²) in [5.74, 6) is -1.92. The number of Topliss-reactive ketones (excluding diaryl/α,β-unsaturated/α-hetero) is 1. The highest BCUT2D eigenvalue weighted by Crippen LogP contribution is 2.45. The number of benzene rings is 3. The number of ketones is 1. The molecule has 0 radical (unpaired) electrons. The molecule has 1 fully saturated rings. The zero-order chi connectivity index (χ0) is 22.3. The highest BCUT2D eigenvalue weighted by atomic mass is 16.3. The average molecular weight is 413 g/mol. The van der Waals surface area contributed by atoms with Gasteiger partial charge in [-0.05, 0) is 44.0 Å². The van der Waals surface area contributed by atoms with Gasteiger partial charge in [-0.25, -0.2) is 0 Å². The number of hydrogen-bond acceptors (Lipinski definition) is 4. The van der Waals surface area contributed by atoms with Gasteiger partial charge in [0, 0.05) is 5.56 Å². The van der Waals surface area contributed by atoms with Gasteiger partial charge in [-0.3, -0.25) is 14.5 Å². The summed E-state index contributed by atoms with van der Waals surface area (Å²) in [6.07, 6.45) is 0. The Labute approximate surface area is 180 Å². The highest BCUT2D eigenvalue weighted by Gasteiger charge is 2.47. The molecule has 5 nitrogen and oxygen atoms in total. The van der Waals surface area contributed by atoms with E-state index in [0.29, 0.717) is 11.1 Å². The molecule has 3 aromatic rings. The van der Waals surface area contributed by atoms with Crippen molar-refractivity contribution in [1.29, 1.82) is 0 Å². The SMILES string of the molecule is Cc1ccc(/C(O)=C2\C(=O)C(=O)N(c3cc(C)ccc3O)C2c2cccc(C)c2)cc1. The molecule has 0 aliphatic carbocycles. The number of carbonyl (C=O) groups excluding carboxylic acids is 2. The maximum absolute atomic E-state index is 13.2. The van der Waals surface area contributed by atoms with Gasteiger partial charge in [0.2, 0.25) is 0 Å². The summed E-state index contributed by atoms with van der Waals surface area (Å²) in [7, 11) is 0. The topological polar surface area (TPSA) is 77.8 Å². The molecule has 1 amide bonds. The molecular weight excluding hydrogens is 390 g/mol. The Morgan fingerprint density at radius 1 is 0.839 bits per heavy atom. The summed E-state index contributed by atoms with van der Waals surface area (Å²) >= 11 is 0. The molecule has 156 valence electrons. The lowest BCUT2D eigenvalue weighted by atomic mass is 9.94. The highest BCUT2D eigenvalue weighted by molar-refractivity contribution is 6.51. The third-order valence-electron chi connectivity index (χ3n) is 5.52. The predicted octanol–water partition coefficient (Wildman–Crippen LogP) is 4.94. The van der Waals surface area contributed by atoms with Gasteiger partial charge in [0.15, 0.2) is 0 Å². The second kappa shape index (κ2) is 7.76. The Kier molecular flexibility index (Phi) is 5.11. The third-order valence-corrected chi connectivity index (χ3v) is 5.52. The van der Waals surface area contributed by atoms with E-state index in [2.05, 4.69) is 0 Å². The van der Waals surface area contributed by atoms with E-state index in [1.807, 2.05) is 57.2 Å². The second-order valence-electron chi connectivity index (χ2n) is 7.94. The lowest BCUT2D eigenvalue weighted by Crippen LogP contribution is -2.29. The fourth-order valence-electron chi connectivity index (χ4n) is 3.93. The van der Waals surface area contributed by atoms with Crippen LogP contribution in [0, 0.1) is 20.8 Å². The van der Waals surface area contributed by atoms with Gasteiger partial charge in [-0.15, -0.1) is 0 Å². The second-order valence-corrected chi connectivity index (χ2v) is 7.94. The van der Waals surface area contributed by atoms with Crippen LogP contribution in [0.25, 0.3) is 5.76 Å². The van der Waals surface area contributed by atoms with Crippen molar-refractivity contribution in [3.8, 4) is 5.75 Å². The maximum Gasteiger partial charge on any atom is 0.300 e. The molecule has 1 aliphatic heterocycles. The molecule has 0 saturated carbocycles.